The van der Waals surface area contributed by atoms with Crippen LogP contribution >= 0.6 is 34.4 Å². The van der Waals surface area contributed by atoms with E-state index < -0.39 is 10.1 Å². The van der Waals surface area contributed by atoms with Gasteiger partial charge in [0, 0.05) is 43.3 Å². The molecule has 3 aromatic heterocycles. The van der Waals surface area contributed by atoms with E-state index in [1.165, 1.54) is 35.2 Å². The van der Waals surface area contributed by atoms with Gasteiger partial charge in [0.2, 0.25) is 11.9 Å². The molecule has 0 atom stereocenters. The molecule has 0 unspecified atom stereocenters. The van der Waals surface area contributed by atoms with Crippen LogP contribution in [-0.4, -0.2) is 71.6 Å². The SMILES string of the molecule is CCN(CC)c1ccc(N=Nc2cccs2)c(Nc2nc(Nc3cc(N(CC)CC)ccc3N=Nc3ccc(S(=O)(=O)O)s3)nc(SCCO)n2)c1. The summed E-state index contributed by atoms with van der Waals surface area (Å²) in [5.74, 6) is 0.809. The number of hydrogen-bond donors (Lipinski definition) is 4. The molecule has 15 nitrogen and oxygen atoms in total. The maximum atomic E-state index is 11.6. The zero-order valence-corrected chi connectivity index (χ0v) is 32.2. The summed E-state index contributed by atoms with van der Waals surface area (Å²) >= 11 is 3.55. The van der Waals surface area contributed by atoms with Crippen LogP contribution in [0.1, 0.15) is 27.7 Å². The summed E-state index contributed by atoms with van der Waals surface area (Å²) in [4.78, 5) is 18.4. The number of aromatic nitrogens is 3. The third-order valence-electron chi connectivity index (χ3n) is 7.49. The van der Waals surface area contributed by atoms with E-state index in [4.69, 9.17) is 4.98 Å². The smallest absolute Gasteiger partial charge is 0.304 e. The zero-order chi connectivity index (χ0) is 37.1. The van der Waals surface area contributed by atoms with Crippen LogP contribution in [0.5, 0.6) is 0 Å². The minimum Gasteiger partial charge on any atom is -0.396 e. The first-order chi connectivity index (χ1) is 25.1. The van der Waals surface area contributed by atoms with Crippen molar-refractivity contribution in [2.75, 3.05) is 59.0 Å². The van der Waals surface area contributed by atoms with Gasteiger partial charge in [-0.25, -0.2) is 0 Å². The molecular weight excluding hydrogens is 743 g/mol. The molecule has 0 bridgehead atoms. The molecule has 3 heterocycles. The number of benzene rings is 2. The van der Waals surface area contributed by atoms with E-state index in [9.17, 15) is 18.1 Å². The standard InChI is InChI=1S/C33H39N11O4S4/c1-5-43(6-2)22-11-13-24(39-41-28-10-9-18-49-28)26(20-22)34-31-36-32(38-33(37-31)50-19-17-45)35-27-21-23(44(7-3)8-4)12-14-25(27)40-42-29-15-16-30(51-29)52(46,47)48/h9-16,18,20-21,45H,5-8,17,19H2,1-4H3,(H,46,47,48)(H2,34,35,36,37,38). The van der Waals surface area contributed by atoms with Gasteiger partial charge in [-0.1, -0.05) is 11.8 Å². The molecule has 5 aromatic rings. The molecule has 0 saturated heterocycles. The lowest BCUT2D eigenvalue weighted by Gasteiger charge is -2.22. The predicted molar refractivity (Wildman–Crippen MR) is 211 cm³/mol. The van der Waals surface area contributed by atoms with Gasteiger partial charge in [0.15, 0.2) is 5.16 Å². The predicted octanol–water partition coefficient (Wildman–Crippen LogP) is 9.34. The van der Waals surface area contributed by atoms with Crippen LogP contribution in [0.25, 0.3) is 0 Å². The Kier molecular flexibility index (Phi) is 13.6. The van der Waals surface area contributed by atoms with Crippen molar-refractivity contribution in [1.29, 1.82) is 0 Å². The summed E-state index contributed by atoms with van der Waals surface area (Å²) in [6, 6.07) is 18.1. The van der Waals surface area contributed by atoms with Crippen LogP contribution in [0.3, 0.4) is 0 Å². The van der Waals surface area contributed by atoms with Crippen LogP contribution in [0.4, 0.5) is 56.0 Å². The van der Waals surface area contributed by atoms with E-state index in [-0.39, 0.29) is 22.7 Å². The fraction of sp³-hybridized carbons (Fsp3) is 0.303. The molecule has 0 saturated carbocycles. The maximum absolute atomic E-state index is 11.6. The molecule has 19 heteroatoms. The third kappa shape index (κ3) is 10.3. The molecule has 274 valence electrons. The Morgan fingerprint density at radius 2 is 1.31 bits per heavy atom. The monoisotopic (exact) mass is 781 g/mol. The molecule has 4 N–H and O–H groups in total. The van der Waals surface area contributed by atoms with Crippen molar-refractivity contribution in [2.24, 2.45) is 20.5 Å². The molecule has 0 amide bonds. The summed E-state index contributed by atoms with van der Waals surface area (Å²) in [7, 11) is -4.36. The molecule has 5 rings (SSSR count). The van der Waals surface area contributed by atoms with Crippen molar-refractivity contribution < 1.29 is 18.1 Å². The van der Waals surface area contributed by atoms with Crippen molar-refractivity contribution in [3.8, 4) is 0 Å². The number of nitrogens with zero attached hydrogens (tertiary/aromatic N) is 9. The Labute approximate surface area is 314 Å². The summed E-state index contributed by atoms with van der Waals surface area (Å²) < 4.78 is 32.3. The number of azo groups is 2. The minimum absolute atomic E-state index is 0.0699. The van der Waals surface area contributed by atoms with Crippen molar-refractivity contribution in [2.45, 2.75) is 37.1 Å². The van der Waals surface area contributed by atoms with Crippen molar-refractivity contribution in [3.63, 3.8) is 0 Å². The molecule has 0 spiro atoms. The number of thioether (sulfide) groups is 1. The van der Waals surface area contributed by atoms with E-state index in [1.54, 1.807) is 6.07 Å². The highest BCUT2D eigenvalue weighted by Crippen LogP contribution is 2.37. The Hall–Kier alpha value is -4.53. The van der Waals surface area contributed by atoms with Gasteiger partial charge >= 0.3 is 10.1 Å². The number of rotatable bonds is 18. The fourth-order valence-corrected chi connectivity index (χ4v) is 7.54. The lowest BCUT2D eigenvalue weighted by atomic mass is 10.2. The second-order valence-electron chi connectivity index (χ2n) is 10.8. The average molecular weight is 782 g/mol. The maximum Gasteiger partial charge on any atom is 0.304 e. The number of hydrogen-bond acceptors (Lipinski definition) is 17. The molecule has 0 aliphatic rings. The van der Waals surface area contributed by atoms with Crippen LogP contribution in [0.15, 0.2) is 95.9 Å². The normalized spacial score (nSPS) is 11.8. The highest BCUT2D eigenvalue weighted by atomic mass is 32.3. The van der Waals surface area contributed by atoms with E-state index >= 15 is 0 Å². The van der Waals surface area contributed by atoms with Crippen LogP contribution in [0, 0.1) is 0 Å². The topological polar surface area (TPSA) is 193 Å². The summed E-state index contributed by atoms with van der Waals surface area (Å²) in [5.41, 5.74) is 4.10. The van der Waals surface area contributed by atoms with Crippen molar-refractivity contribution >= 4 is 101 Å². The Morgan fingerprint density at radius 1 is 0.750 bits per heavy atom. The zero-order valence-electron chi connectivity index (χ0n) is 29.0. The third-order valence-corrected chi connectivity index (χ3v) is 11.4. The number of anilines is 6. The first-order valence-electron chi connectivity index (χ1n) is 16.4. The fourth-order valence-electron chi connectivity index (χ4n) is 4.94. The van der Waals surface area contributed by atoms with Gasteiger partial charge in [0.1, 0.15) is 25.6 Å². The molecule has 0 aliphatic heterocycles. The quantitative estimate of drug-likeness (QED) is 0.0374. The first-order valence-corrected chi connectivity index (χ1v) is 20.5. The van der Waals surface area contributed by atoms with Crippen LogP contribution < -0.4 is 20.4 Å². The lowest BCUT2D eigenvalue weighted by Crippen LogP contribution is -2.21. The molecular formula is C33H39N11O4S4. The van der Waals surface area contributed by atoms with Crippen molar-refractivity contribution in [1.82, 2.24) is 15.0 Å². The Bertz CT molecular complexity index is 2100. The van der Waals surface area contributed by atoms with Gasteiger partial charge in [-0.15, -0.1) is 43.1 Å². The van der Waals surface area contributed by atoms with E-state index in [2.05, 4.69) is 78.6 Å². The Balaban J connectivity index is 1.55. The number of aliphatic hydroxyl groups is 1. The molecule has 0 radical (unpaired) electrons. The number of nitrogens with one attached hydrogen (secondary N) is 2. The highest BCUT2D eigenvalue weighted by molar-refractivity contribution is 7.99. The molecule has 0 fully saturated rings. The number of aliphatic hydroxyl groups excluding tert-OH is 1. The first kappa shape index (κ1) is 38.7. The minimum atomic E-state index is -4.36. The van der Waals surface area contributed by atoms with Gasteiger partial charge in [-0.2, -0.15) is 23.4 Å². The molecule has 0 aliphatic carbocycles. The molecule has 2 aromatic carbocycles. The highest BCUT2D eigenvalue weighted by Gasteiger charge is 2.16. The largest absolute Gasteiger partial charge is 0.396 e. The van der Waals surface area contributed by atoms with Gasteiger partial charge in [-0.05, 0) is 93.7 Å². The van der Waals surface area contributed by atoms with E-state index in [1.807, 2.05) is 47.8 Å². The van der Waals surface area contributed by atoms with Crippen molar-refractivity contribution in [3.05, 3.63) is 66.0 Å². The number of thiophene rings is 2. The average Bonchev–Trinajstić information content (AvgIpc) is 3.84. The second kappa shape index (κ2) is 18.3. The van der Waals surface area contributed by atoms with E-state index in [0.717, 1.165) is 53.9 Å². The summed E-state index contributed by atoms with van der Waals surface area (Å²) in [5, 5.41) is 37.2. The Morgan fingerprint density at radius 3 is 1.77 bits per heavy atom. The van der Waals surface area contributed by atoms with Crippen LogP contribution in [-0.2, 0) is 10.1 Å². The summed E-state index contributed by atoms with van der Waals surface area (Å²) in [6.07, 6.45) is 0. The lowest BCUT2D eigenvalue weighted by molar-refractivity contribution is 0.322. The van der Waals surface area contributed by atoms with Gasteiger partial charge in [0.25, 0.3) is 0 Å². The van der Waals surface area contributed by atoms with Gasteiger partial charge in [-0.3, -0.25) is 4.55 Å². The van der Waals surface area contributed by atoms with Crippen LogP contribution in [0.2, 0.25) is 0 Å². The molecule has 52 heavy (non-hydrogen) atoms. The summed E-state index contributed by atoms with van der Waals surface area (Å²) in [6.45, 7) is 11.4. The van der Waals surface area contributed by atoms with Gasteiger partial charge in [0.05, 0.1) is 18.0 Å². The van der Waals surface area contributed by atoms with E-state index in [0.29, 0.717) is 38.7 Å². The van der Waals surface area contributed by atoms with Gasteiger partial charge < -0.3 is 25.5 Å². The second-order valence-corrected chi connectivity index (χ2v) is 15.5.